The number of rotatable bonds is 6. The van der Waals surface area contributed by atoms with Crippen LogP contribution in [0.5, 0.6) is 5.75 Å². The second kappa shape index (κ2) is 10.9. The number of nitrogens with zero attached hydrogens (tertiary/aromatic N) is 5. The number of fused-ring (bicyclic) bond motifs is 1. The Labute approximate surface area is 207 Å². The molecule has 3 aromatic rings. The van der Waals surface area contributed by atoms with Crippen LogP contribution in [0.4, 0.5) is 5.82 Å². The van der Waals surface area contributed by atoms with Crippen molar-refractivity contribution < 1.29 is 4.74 Å². The van der Waals surface area contributed by atoms with Crippen LogP contribution < -0.4 is 9.64 Å². The second-order valence-electron chi connectivity index (χ2n) is 9.23. The van der Waals surface area contributed by atoms with Gasteiger partial charge in [-0.15, -0.1) is 0 Å². The van der Waals surface area contributed by atoms with Gasteiger partial charge in [0.25, 0.3) is 0 Å². The van der Waals surface area contributed by atoms with Crippen molar-refractivity contribution >= 4 is 28.7 Å². The number of para-hydroxylation sites is 1. The summed E-state index contributed by atoms with van der Waals surface area (Å²) < 4.78 is 7.73. The Morgan fingerprint density at radius 2 is 1.53 bits per heavy atom. The summed E-state index contributed by atoms with van der Waals surface area (Å²) in [7, 11) is 1.71. The van der Waals surface area contributed by atoms with Gasteiger partial charge in [0, 0.05) is 49.6 Å². The van der Waals surface area contributed by atoms with E-state index in [0.717, 1.165) is 62.2 Å². The molecule has 0 spiro atoms. The molecule has 2 aromatic carbocycles. The van der Waals surface area contributed by atoms with E-state index in [1.54, 1.807) is 7.11 Å². The minimum Gasteiger partial charge on any atom is -0.497 e. The van der Waals surface area contributed by atoms with E-state index in [1.807, 2.05) is 24.1 Å². The molecule has 3 heterocycles. The van der Waals surface area contributed by atoms with E-state index in [2.05, 4.69) is 57.4 Å². The summed E-state index contributed by atoms with van der Waals surface area (Å²) in [5.74, 6) is 2.98. The molecule has 2 aliphatic rings. The van der Waals surface area contributed by atoms with Gasteiger partial charge in [-0.25, -0.2) is 14.3 Å². The molecule has 6 nitrogen and oxygen atoms in total. The first-order chi connectivity index (χ1) is 16.7. The third-order valence-corrected chi connectivity index (χ3v) is 8.10. The summed E-state index contributed by atoms with van der Waals surface area (Å²) in [4.78, 5) is 16.5. The van der Waals surface area contributed by atoms with Crippen LogP contribution in [0.25, 0.3) is 10.9 Å². The predicted molar refractivity (Wildman–Crippen MR) is 141 cm³/mol. The maximum Gasteiger partial charge on any atom is 0.148 e. The molecule has 0 radical (unpaired) electrons. The molecule has 7 heteroatoms. The van der Waals surface area contributed by atoms with Crippen LogP contribution in [0, 0.1) is 0 Å². The van der Waals surface area contributed by atoms with Crippen LogP contribution in [0.15, 0.2) is 53.4 Å². The van der Waals surface area contributed by atoms with Crippen molar-refractivity contribution in [2.75, 3.05) is 51.3 Å². The maximum absolute atomic E-state index is 5.28. The van der Waals surface area contributed by atoms with E-state index >= 15 is 0 Å². The van der Waals surface area contributed by atoms with E-state index in [0.29, 0.717) is 0 Å². The number of aromatic nitrogens is 2. The van der Waals surface area contributed by atoms with Gasteiger partial charge in [0.05, 0.1) is 18.7 Å². The zero-order valence-corrected chi connectivity index (χ0v) is 21.1. The number of anilines is 1. The first-order valence-corrected chi connectivity index (χ1v) is 13.3. The topological polar surface area (TPSA) is 44.7 Å². The molecule has 1 atom stereocenters. The maximum atomic E-state index is 5.28. The lowest BCUT2D eigenvalue weighted by atomic mass is 10.1. The summed E-state index contributed by atoms with van der Waals surface area (Å²) in [6, 6.07) is 17.0. The van der Waals surface area contributed by atoms with Gasteiger partial charge >= 0.3 is 0 Å². The molecule has 0 saturated carbocycles. The Morgan fingerprint density at radius 1 is 0.824 bits per heavy atom. The fourth-order valence-electron chi connectivity index (χ4n) is 4.92. The Bertz CT molecular complexity index is 1080. The normalized spacial score (nSPS) is 19.2. The van der Waals surface area contributed by atoms with Gasteiger partial charge in [-0.3, -0.25) is 4.90 Å². The third-order valence-electron chi connectivity index (χ3n) is 6.99. The van der Waals surface area contributed by atoms with Crippen molar-refractivity contribution in [3.63, 3.8) is 0 Å². The Balaban J connectivity index is 1.29. The van der Waals surface area contributed by atoms with Gasteiger partial charge in [-0.2, -0.15) is 0 Å². The molecule has 0 aliphatic carbocycles. The van der Waals surface area contributed by atoms with Gasteiger partial charge in [-0.1, -0.05) is 25.0 Å². The summed E-state index contributed by atoms with van der Waals surface area (Å²) in [6.45, 7) is 8.52. The fraction of sp³-hybridized carbons (Fsp3) is 0.481. The number of piperazine rings is 1. The lowest BCUT2D eigenvalue weighted by Crippen LogP contribution is -2.44. The van der Waals surface area contributed by atoms with E-state index in [4.69, 9.17) is 14.7 Å². The van der Waals surface area contributed by atoms with Crippen LogP contribution in [0.2, 0.25) is 0 Å². The van der Waals surface area contributed by atoms with Gasteiger partial charge in [0.2, 0.25) is 0 Å². The second-order valence-corrected chi connectivity index (χ2v) is 10.4. The minimum absolute atomic E-state index is 0.198. The number of hydrogen-bond acceptors (Lipinski definition) is 7. The molecule has 2 saturated heterocycles. The minimum atomic E-state index is 0.198. The molecule has 0 bridgehead atoms. The molecular weight excluding hydrogens is 442 g/mol. The van der Waals surface area contributed by atoms with Crippen molar-refractivity contribution in [3.8, 4) is 5.75 Å². The lowest BCUT2D eigenvalue weighted by molar-refractivity contribution is 0.146. The van der Waals surface area contributed by atoms with Crippen molar-refractivity contribution in [2.45, 2.75) is 43.5 Å². The van der Waals surface area contributed by atoms with E-state index < -0.39 is 0 Å². The Morgan fingerprint density at radius 3 is 2.24 bits per heavy atom. The average Bonchev–Trinajstić information content (AvgIpc) is 3.18. The van der Waals surface area contributed by atoms with Gasteiger partial charge in [0.15, 0.2) is 0 Å². The highest BCUT2D eigenvalue weighted by Crippen LogP contribution is 2.31. The molecule has 1 aromatic heterocycles. The molecule has 180 valence electrons. The van der Waals surface area contributed by atoms with E-state index in [1.165, 1.54) is 36.0 Å². The predicted octanol–water partition coefficient (Wildman–Crippen LogP) is 5.40. The average molecular weight is 478 g/mol. The van der Waals surface area contributed by atoms with Crippen LogP contribution >= 0.6 is 11.9 Å². The molecule has 2 aliphatic heterocycles. The SMILES string of the molecule is COc1ccc(SN2CCN(C(C)c3nc(N4CCCCCC4)c4ccccc4n3)CC2)cc1. The van der Waals surface area contributed by atoms with Crippen molar-refractivity contribution in [3.05, 3.63) is 54.4 Å². The largest absolute Gasteiger partial charge is 0.497 e. The van der Waals surface area contributed by atoms with E-state index in [9.17, 15) is 0 Å². The zero-order valence-electron chi connectivity index (χ0n) is 20.3. The number of benzene rings is 2. The highest BCUT2D eigenvalue weighted by atomic mass is 32.2. The quantitative estimate of drug-likeness (QED) is 0.440. The summed E-state index contributed by atoms with van der Waals surface area (Å²) >= 11 is 1.83. The molecule has 1 unspecified atom stereocenters. The molecule has 2 fully saturated rings. The first-order valence-electron chi connectivity index (χ1n) is 12.5. The van der Waals surface area contributed by atoms with E-state index in [-0.39, 0.29) is 6.04 Å². The fourth-order valence-corrected chi connectivity index (χ4v) is 5.82. The van der Waals surface area contributed by atoms with Crippen LogP contribution in [0.3, 0.4) is 0 Å². The van der Waals surface area contributed by atoms with Crippen molar-refractivity contribution in [1.82, 2.24) is 19.2 Å². The lowest BCUT2D eigenvalue weighted by Gasteiger charge is -2.37. The zero-order chi connectivity index (χ0) is 23.3. The molecule has 0 N–H and O–H groups in total. The molecular formula is C27H35N5OS. The van der Waals surface area contributed by atoms with Crippen LogP contribution in [-0.2, 0) is 0 Å². The highest BCUT2D eigenvalue weighted by Gasteiger charge is 2.26. The number of methoxy groups -OCH3 is 1. The first kappa shape index (κ1) is 23.4. The van der Waals surface area contributed by atoms with Gasteiger partial charge in [0.1, 0.15) is 17.4 Å². The van der Waals surface area contributed by atoms with Crippen LogP contribution in [-0.4, -0.2) is 65.6 Å². The third kappa shape index (κ3) is 5.32. The summed E-state index contributed by atoms with van der Waals surface area (Å²) in [5.41, 5.74) is 1.06. The highest BCUT2D eigenvalue weighted by molar-refractivity contribution is 7.97. The van der Waals surface area contributed by atoms with Crippen molar-refractivity contribution in [2.24, 2.45) is 0 Å². The summed E-state index contributed by atoms with van der Waals surface area (Å²) in [5, 5.41) is 1.18. The molecule has 34 heavy (non-hydrogen) atoms. The Kier molecular flexibility index (Phi) is 7.52. The Hall–Kier alpha value is -2.35. The van der Waals surface area contributed by atoms with Gasteiger partial charge < -0.3 is 9.64 Å². The smallest absolute Gasteiger partial charge is 0.148 e. The molecule has 5 rings (SSSR count). The monoisotopic (exact) mass is 477 g/mol. The van der Waals surface area contributed by atoms with Crippen LogP contribution in [0.1, 0.15) is 44.5 Å². The van der Waals surface area contributed by atoms with Crippen molar-refractivity contribution in [1.29, 1.82) is 0 Å². The number of hydrogen-bond donors (Lipinski definition) is 0. The van der Waals surface area contributed by atoms with Gasteiger partial charge in [-0.05, 0) is 68.1 Å². The summed E-state index contributed by atoms with van der Waals surface area (Å²) in [6.07, 6.45) is 5.14. The number of ether oxygens (including phenoxy) is 1. The standard InChI is InChI=1S/C27H35N5OS/c1-21(30-17-19-32(20-18-30)34-23-13-11-22(33-2)12-14-23)26-28-25-10-6-5-9-24(25)27(29-26)31-15-7-3-4-8-16-31/h5-6,9-14,21H,3-4,7-8,15-20H2,1-2H3. The molecule has 0 amide bonds.